The van der Waals surface area contributed by atoms with E-state index < -0.39 is 18.2 Å². The van der Waals surface area contributed by atoms with Gasteiger partial charge in [0.25, 0.3) is 5.91 Å². The van der Waals surface area contributed by atoms with Gasteiger partial charge in [0.2, 0.25) is 6.10 Å². The molecule has 0 aromatic heterocycles. The van der Waals surface area contributed by atoms with Gasteiger partial charge in [-0.15, -0.1) is 0 Å². The Hall–Kier alpha value is -3.02. The predicted octanol–water partition coefficient (Wildman–Crippen LogP) is 2.74. The number of hydrogen-bond acceptors (Lipinski definition) is 5. The van der Waals surface area contributed by atoms with Crippen LogP contribution in [-0.2, 0) is 20.7 Å². The summed E-state index contributed by atoms with van der Waals surface area (Å²) in [6.07, 6.45) is -1.01. The second kappa shape index (κ2) is 6.95. The molecular weight excluding hydrogens is 346 g/mol. The Bertz CT molecular complexity index is 880. The average Bonchev–Trinajstić information content (AvgIpc) is 3.02. The Morgan fingerprint density at radius 2 is 1.81 bits per heavy atom. The molecule has 2 aliphatic rings. The summed E-state index contributed by atoms with van der Waals surface area (Å²) in [5, 5.41) is 0. The van der Waals surface area contributed by atoms with E-state index in [1.165, 1.54) is 0 Å². The minimum Gasteiger partial charge on any atom is -0.485 e. The first-order valence-corrected chi connectivity index (χ1v) is 9.04. The van der Waals surface area contributed by atoms with E-state index in [9.17, 15) is 9.59 Å². The molecule has 0 bridgehead atoms. The maximum absolute atomic E-state index is 12.9. The fourth-order valence-electron chi connectivity index (χ4n) is 3.53. The molecule has 0 spiro atoms. The van der Waals surface area contributed by atoms with Crippen molar-refractivity contribution < 1.29 is 23.8 Å². The van der Waals surface area contributed by atoms with Gasteiger partial charge in [0.15, 0.2) is 17.6 Å². The minimum atomic E-state index is -0.910. The number of rotatable bonds is 3. The zero-order valence-electron chi connectivity index (χ0n) is 15.3. The van der Waals surface area contributed by atoms with Gasteiger partial charge < -0.3 is 19.1 Å². The number of fused-ring (bicyclic) bond motifs is 2. The number of nitrogens with zero attached hydrogens (tertiary/aromatic N) is 1. The summed E-state index contributed by atoms with van der Waals surface area (Å²) >= 11 is 0. The van der Waals surface area contributed by atoms with Crippen LogP contribution in [0.15, 0.2) is 48.5 Å². The van der Waals surface area contributed by atoms with E-state index in [-0.39, 0.29) is 18.6 Å². The number of para-hydroxylation sites is 3. The summed E-state index contributed by atoms with van der Waals surface area (Å²) < 4.78 is 16.6. The first kappa shape index (κ1) is 17.4. The fourth-order valence-corrected chi connectivity index (χ4v) is 3.53. The topological polar surface area (TPSA) is 65.1 Å². The summed E-state index contributed by atoms with van der Waals surface area (Å²) in [6.45, 7) is 3.63. The van der Waals surface area contributed by atoms with Crippen LogP contribution in [-0.4, -0.2) is 36.7 Å². The van der Waals surface area contributed by atoms with Gasteiger partial charge in [0, 0.05) is 11.7 Å². The summed E-state index contributed by atoms with van der Waals surface area (Å²) in [5.74, 6) is 0.239. The molecule has 0 unspecified atom stereocenters. The Kier molecular flexibility index (Phi) is 4.48. The number of carbonyl (C=O) groups excluding carboxylic acids is 2. The molecule has 0 fully saturated rings. The molecule has 140 valence electrons. The van der Waals surface area contributed by atoms with Crippen molar-refractivity contribution in [3.8, 4) is 11.5 Å². The lowest BCUT2D eigenvalue weighted by Gasteiger charge is -2.28. The molecular formula is C21H21NO5. The highest BCUT2D eigenvalue weighted by molar-refractivity contribution is 5.99. The summed E-state index contributed by atoms with van der Waals surface area (Å²) in [7, 11) is 0. The van der Waals surface area contributed by atoms with Crippen molar-refractivity contribution in [1.82, 2.24) is 0 Å². The van der Waals surface area contributed by atoms with E-state index in [4.69, 9.17) is 14.2 Å². The Morgan fingerprint density at radius 3 is 2.63 bits per heavy atom. The number of hydrogen-bond donors (Lipinski definition) is 0. The van der Waals surface area contributed by atoms with Crippen LogP contribution >= 0.6 is 0 Å². The van der Waals surface area contributed by atoms with Crippen LogP contribution in [0.4, 0.5) is 5.69 Å². The van der Waals surface area contributed by atoms with Crippen molar-refractivity contribution in [2.45, 2.75) is 38.5 Å². The molecule has 2 aliphatic heterocycles. The van der Waals surface area contributed by atoms with E-state index in [1.54, 1.807) is 30.0 Å². The molecule has 1 amide bonds. The normalized spacial score (nSPS) is 21.3. The highest BCUT2D eigenvalue weighted by Gasteiger charge is 2.36. The van der Waals surface area contributed by atoms with Crippen LogP contribution < -0.4 is 14.4 Å². The van der Waals surface area contributed by atoms with Crippen LogP contribution in [0.3, 0.4) is 0 Å². The van der Waals surface area contributed by atoms with Gasteiger partial charge in [-0.25, -0.2) is 4.79 Å². The van der Waals surface area contributed by atoms with Gasteiger partial charge in [-0.1, -0.05) is 30.3 Å². The summed E-state index contributed by atoms with van der Waals surface area (Å²) in [6, 6.07) is 14.9. The number of ether oxygens (including phenoxy) is 3. The van der Waals surface area contributed by atoms with Crippen LogP contribution in [0.2, 0.25) is 0 Å². The Labute approximate surface area is 157 Å². The average molecular weight is 367 g/mol. The third-order valence-electron chi connectivity index (χ3n) is 4.86. The lowest BCUT2D eigenvalue weighted by Crippen LogP contribution is -2.46. The van der Waals surface area contributed by atoms with Crippen LogP contribution in [0, 0.1) is 0 Å². The van der Waals surface area contributed by atoms with E-state index in [2.05, 4.69) is 0 Å². The van der Waals surface area contributed by atoms with Gasteiger partial charge in [-0.05, 0) is 44.0 Å². The molecule has 0 N–H and O–H groups in total. The summed E-state index contributed by atoms with van der Waals surface area (Å²) in [5.41, 5.74) is 2.00. The van der Waals surface area contributed by atoms with E-state index in [0.29, 0.717) is 11.5 Å². The van der Waals surface area contributed by atoms with Crippen molar-refractivity contribution in [2.24, 2.45) is 0 Å². The highest BCUT2D eigenvalue weighted by Crippen LogP contribution is 2.33. The quantitative estimate of drug-likeness (QED) is 0.781. The molecule has 6 nitrogen and oxygen atoms in total. The molecule has 6 heteroatoms. The monoisotopic (exact) mass is 367 g/mol. The second-order valence-electron chi connectivity index (χ2n) is 6.83. The van der Waals surface area contributed by atoms with Gasteiger partial charge in [0.05, 0.1) is 0 Å². The van der Waals surface area contributed by atoms with Crippen LogP contribution in [0.5, 0.6) is 11.5 Å². The van der Waals surface area contributed by atoms with Gasteiger partial charge in [-0.3, -0.25) is 4.79 Å². The molecule has 3 atom stereocenters. The lowest BCUT2D eigenvalue weighted by atomic mass is 10.1. The maximum Gasteiger partial charge on any atom is 0.351 e. The Balaban J connectivity index is 1.43. The molecule has 0 saturated carbocycles. The largest absolute Gasteiger partial charge is 0.485 e. The first-order chi connectivity index (χ1) is 13.0. The van der Waals surface area contributed by atoms with Crippen LogP contribution in [0.1, 0.15) is 19.4 Å². The smallest absolute Gasteiger partial charge is 0.351 e. The molecule has 2 aromatic rings. The van der Waals surface area contributed by atoms with Crippen molar-refractivity contribution in [3.63, 3.8) is 0 Å². The van der Waals surface area contributed by atoms with E-state index in [0.717, 1.165) is 17.7 Å². The second-order valence-corrected chi connectivity index (χ2v) is 6.83. The third kappa shape index (κ3) is 3.23. The fraction of sp³-hybridized carbons (Fsp3) is 0.333. The molecule has 2 aromatic carbocycles. The van der Waals surface area contributed by atoms with Gasteiger partial charge >= 0.3 is 5.97 Å². The maximum atomic E-state index is 12.9. The van der Waals surface area contributed by atoms with Gasteiger partial charge in [0.1, 0.15) is 6.61 Å². The molecule has 4 rings (SSSR count). The van der Waals surface area contributed by atoms with Crippen molar-refractivity contribution in [1.29, 1.82) is 0 Å². The standard InChI is InChI=1S/C21H21NO5/c1-13-11-15-7-3-4-8-16(15)22(13)20(23)14(2)26-21(24)19-12-25-17-9-5-6-10-18(17)27-19/h3-10,13-14,19H,11-12H2,1-2H3/t13-,14-,19+/m1/s1. The number of anilines is 1. The van der Waals surface area contributed by atoms with Crippen molar-refractivity contribution >= 4 is 17.6 Å². The number of carbonyl (C=O) groups is 2. The lowest BCUT2D eigenvalue weighted by molar-refractivity contribution is -0.163. The first-order valence-electron chi connectivity index (χ1n) is 9.04. The molecule has 2 heterocycles. The SMILES string of the molecule is C[C@@H]1Cc2ccccc2N1C(=O)[C@@H](C)OC(=O)[C@@H]1COc2ccccc2O1. The van der Waals surface area contributed by atoms with E-state index >= 15 is 0 Å². The molecule has 27 heavy (non-hydrogen) atoms. The van der Waals surface area contributed by atoms with Gasteiger partial charge in [-0.2, -0.15) is 0 Å². The molecule has 0 saturated heterocycles. The molecule has 0 aliphatic carbocycles. The molecule has 0 radical (unpaired) electrons. The van der Waals surface area contributed by atoms with E-state index in [1.807, 2.05) is 37.3 Å². The van der Waals surface area contributed by atoms with Crippen LogP contribution in [0.25, 0.3) is 0 Å². The third-order valence-corrected chi connectivity index (χ3v) is 4.86. The predicted molar refractivity (Wildman–Crippen MR) is 99.0 cm³/mol. The van der Waals surface area contributed by atoms with Crippen molar-refractivity contribution in [3.05, 3.63) is 54.1 Å². The zero-order chi connectivity index (χ0) is 19.0. The summed E-state index contributed by atoms with van der Waals surface area (Å²) in [4.78, 5) is 27.1. The number of esters is 1. The highest BCUT2D eigenvalue weighted by atomic mass is 16.6. The van der Waals surface area contributed by atoms with Crippen molar-refractivity contribution in [2.75, 3.05) is 11.5 Å². The number of amides is 1. The number of benzene rings is 2. The Morgan fingerprint density at radius 1 is 1.11 bits per heavy atom. The minimum absolute atomic E-state index is 0.0252. The zero-order valence-corrected chi connectivity index (χ0v) is 15.3.